The summed E-state index contributed by atoms with van der Waals surface area (Å²) in [5, 5.41) is 2.72. The van der Waals surface area contributed by atoms with Gasteiger partial charge in [0.05, 0.1) is 11.0 Å². The first kappa shape index (κ1) is 14.6. The number of rotatable bonds is 4. The number of ether oxygens (including phenoxy) is 1. The molecule has 6 heteroatoms. The lowest BCUT2D eigenvalue weighted by Crippen LogP contribution is -2.30. The van der Waals surface area contributed by atoms with E-state index in [1.165, 1.54) is 0 Å². The Morgan fingerprint density at radius 2 is 1.95 bits per heavy atom. The van der Waals surface area contributed by atoms with Crippen LogP contribution in [0.3, 0.4) is 0 Å². The molecule has 5 nitrogen and oxygen atoms in total. The van der Waals surface area contributed by atoms with Gasteiger partial charge in [0, 0.05) is 4.47 Å². The molecule has 0 saturated carbocycles. The number of amides is 1. The summed E-state index contributed by atoms with van der Waals surface area (Å²) in [6, 6.07) is 14.9. The molecule has 0 unspecified atom stereocenters. The number of imidazole rings is 1. The van der Waals surface area contributed by atoms with E-state index in [-0.39, 0.29) is 5.91 Å². The number of aromatic nitrogens is 2. The Hall–Kier alpha value is -2.34. The van der Waals surface area contributed by atoms with E-state index in [0.29, 0.717) is 11.7 Å². The predicted octanol–water partition coefficient (Wildman–Crippen LogP) is 3.73. The zero-order valence-electron chi connectivity index (χ0n) is 11.8. The van der Waals surface area contributed by atoms with Crippen LogP contribution in [0.5, 0.6) is 5.75 Å². The van der Waals surface area contributed by atoms with Gasteiger partial charge in [-0.25, -0.2) is 4.98 Å². The number of halogens is 1. The Bertz CT molecular complexity index is 766. The van der Waals surface area contributed by atoms with Crippen molar-refractivity contribution in [2.24, 2.45) is 0 Å². The van der Waals surface area contributed by atoms with E-state index in [1.807, 2.05) is 36.4 Å². The highest BCUT2D eigenvalue weighted by Gasteiger charge is 2.16. The number of para-hydroxylation sites is 2. The number of H-pyrrole nitrogens is 1. The number of carbonyl (C=O) groups excluding carboxylic acids is 1. The SMILES string of the molecule is C[C@H](Oc1ccc(Br)cc1)C(=O)Nc1nc2ccccc2[nH]1. The third-order valence-corrected chi connectivity index (χ3v) is 3.66. The van der Waals surface area contributed by atoms with Gasteiger partial charge in [0.25, 0.3) is 5.91 Å². The smallest absolute Gasteiger partial charge is 0.267 e. The molecule has 0 aliphatic carbocycles. The van der Waals surface area contributed by atoms with Crippen molar-refractivity contribution in [1.29, 1.82) is 0 Å². The molecule has 2 aromatic carbocycles. The molecule has 0 bridgehead atoms. The zero-order valence-corrected chi connectivity index (χ0v) is 13.4. The molecule has 0 aliphatic heterocycles. The van der Waals surface area contributed by atoms with Gasteiger partial charge in [0.2, 0.25) is 5.95 Å². The molecule has 3 rings (SSSR count). The van der Waals surface area contributed by atoms with Crippen LogP contribution in [0.4, 0.5) is 5.95 Å². The molecular weight excluding hydrogens is 346 g/mol. The third kappa shape index (κ3) is 3.28. The normalized spacial score (nSPS) is 12.1. The molecule has 3 aromatic rings. The molecule has 0 fully saturated rings. The lowest BCUT2D eigenvalue weighted by molar-refractivity contribution is -0.122. The second-order valence-electron chi connectivity index (χ2n) is 4.81. The van der Waals surface area contributed by atoms with E-state index in [2.05, 4.69) is 31.2 Å². The van der Waals surface area contributed by atoms with E-state index in [9.17, 15) is 4.79 Å². The lowest BCUT2D eigenvalue weighted by Gasteiger charge is -2.13. The summed E-state index contributed by atoms with van der Waals surface area (Å²) in [5.41, 5.74) is 1.68. The van der Waals surface area contributed by atoms with Crippen molar-refractivity contribution in [1.82, 2.24) is 9.97 Å². The van der Waals surface area contributed by atoms with Gasteiger partial charge in [-0.05, 0) is 43.3 Å². The van der Waals surface area contributed by atoms with Crippen molar-refractivity contribution in [2.45, 2.75) is 13.0 Å². The summed E-state index contributed by atoms with van der Waals surface area (Å²) >= 11 is 3.35. The maximum Gasteiger partial charge on any atom is 0.267 e. The van der Waals surface area contributed by atoms with Crippen LogP contribution in [0.15, 0.2) is 53.0 Å². The highest BCUT2D eigenvalue weighted by molar-refractivity contribution is 9.10. The van der Waals surface area contributed by atoms with Crippen LogP contribution in [-0.4, -0.2) is 22.0 Å². The summed E-state index contributed by atoms with van der Waals surface area (Å²) in [7, 11) is 0. The van der Waals surface area contributed by atoms with E-state index in [4.69, 9.17) is 4.74 Å². The van der Waals surface area contributed by atoms with E-state index < -0.39 is 6.10 Å². The molecule has 1 heterocycles. The number of fused-ring (bicyclic) bond motifs is 1. The van der Waals surface area contributed by atoms with Crippen molar-refractivity contribution >= 4 is 38.8 Å². The number of benzene rings is 2. The molecule has 0 radical (unpaired) electrons. The highest BCUT2D eigenvalue weighted by atomic mass is 79.9. The average molecular weight is 360 g/mol. The maximum absolute atomic E-state index is 12.2. The minimum Gasteiger partial charge on any atom is -0.481 e. The standard InChI is InChI=1S/C16H14BrN3O2/c1-10(22-12-8-6-11(17)7-9-12)15(21)20-16-18-13-4-2-3-5-14(13)19-16/h2-10H,1H3,(H2,18,19,20,21)/t10-/m0/s1. The van der Waals surface area contributed by atoms with Gasteiger partial charge < -0.3 is 9.72 Å². The van der Waals surface area contributed by atoms with Gasteiger partial charge >= 0.3 is 0 Å². The molecule has 0 saturated heterocycles. The number of carbonyl (C=O) groups is 1. The van der Waals surface area contributed by atoms with Gasteiger partial charge in [-0.3, -0.25) is 10.1 Å². The number of hydrogen-bond donors (Lipinski definition) is 2. The molecule has 0 aliphatic rings. The molecule has 22 heavy (non-hydrogen) atoms. The average Bonchev–Trinajstić information content (AvgIpc) is 2.91. The van der Waals surface area contributed by atoms with Crippen LogP contribution in [-0.2, 0) is 4.79 Å². The maximum atomic E-state index is 12.2. The first-order valence-electron chi connectivity index (χ1n) is 6.79. The number of nitrogens with zero attached hydrogens (tertiary/aromatic N) is 1. The van der Waals surface area contributed by atoms with Crippen molar-refractivity contribution in [2.75, 3.05) is 5.32 Å². The Morgan fingerprint density at radius 1 is 1.23 bits per heavy atom. The first-order valence-corrected chi connectivity index (χ1v) is 7.59. The van der Waals surface area contributed by atoms with Crippen molar-refractivity contribution in [3.8, 4) is 5.75 Å². The van der Waals surface area contributed by atoms with Crippen LogP contribution < -0.4 is 10.1 Å². The molecule has 112 valence electrons. The van der Waals surface area contributed by atoms with Crippen LogP contribution in [0.2, 0.25) is 0 Å². The van der Waals surface area contributed by atoms with Crippen LogP contribution in [0.1, 0.15) is 6.92 Å². The summed E-state index contributed by atoms with van der Waals surface area (Å²) in [6.45, 7) is 1.69. The fraction of sp³-hybridized carbons (Fsp3) is 0.125. The minimum absolute atomic E-state index is 0.262. The van der Waals surface area contributed by atoms with Crippen molar-refractivity contribution in [3.05, 3.63) is 53.0 Å². The first-order chi connectivity index (χ1) is 10.6. The lowest BCUT2D eigenvalue weighted by atomic mass is 10.3. The van der Waals surface area contributed by atoms with Crippen molar-refractivity contribution < 1.29 is 9.53 Å². The molecule has 1 amide bonds. The summed E-state index contributed by atoms with van der Waals surface area (Å²) < 4.78 is 6.56. The molecule has 1 atom stereocenters. The van der Waals surface area contributed by atoms with Gasteiger partial charge in [-0.1, -0.05) is 28.1 Å². The molecule has 0 spiro atoms. The Kier molecular flexibility index (Phi) is 4.11. The second-order valence-corrected chi connectivity index (χ2v) is 5.72. The van der Waals surface area contributed by atoms with Crippen LogP contribution >= 0.6 is 15.9 Å². The summed E-state index contributed by atoms with van der Waals surface area (Å²) in [5.74, 6) is 0.787. The highest BCUT2D eigenvalue weighted by Crippen LogP contribution is 2.18. The fourth-order valence-corrected chi connectivity index (χ4v) is 2.27. The van der Waals surface area contributed by atoms with Crippen molar-refractivity contribution in [3.63, 3.8) is 0 Å². The van der Waals surface area contributed by atoms with E-state index >= 15 is 0 Å². The van der Waals surface area contributed by atoms with Gasteiger partial charge in [-0.2, -0.15) is 0 Å². The quantitative estimate of drug-likeness (QED) is 0.745. The number of hydrogen-bond acceptors (Lipinski definition) is 3. The summed E-state index contributed by atoms with van der Waals surface area (Å²) in [6.07, 6.45) is -0.630. The molecule has 1 aromatic heterocycles. The Morgan fingerprint density at radius 3 is 2.68 bits per heavy atom. The van der Waals surface area contributed by atoms with E-state index in [0.717, 1.165) is 15.5 Å². The molecule has 2 N–H and O–H groups in total. The van der Waals surface area contributed by atoms with Gasteiger partial charge in [-0.15, -0.1) is 0 Å². The third-order valence-electron chi connectivity index (χ3n) is 3.13. The number of nitrogens with one attached hydrogen (secondary N) is 2. The van der Waals surface area contributed by atoms with Gasteiger partial charge in [0.1, 0.15) is 5.75 Å². The predicted molar refractivity (Wildman–Crippen MR) is 89.0 cm³/mol. The summed E-state index contributed by atoms with van der Waals surface area (Å²) in [4.78, 5) is 19.5. The second kappa shape index (κ2) is 6.19. The fourth-order valence-electron chi connectivity index (χ4n) is 2.00. The minimum atomic E-state index is -0.630. The number of aromatic amines is 1. The van der Waals surface area contributed by atoms with Crippen LogP contribution in [0.25, 0.3) is 11.0 Å². The largest absolute Gasteiger partial charge is 0.481 e. The molecular formula is C16H14BrN3O2. The van der Waals surface area contributed by atoms with Crippen LogP contribution in [0, 0.1) is 0 Å². The monoisotopic (exact) mass is 359 g/mol. The van der Waals surface area contributed by atoms with E-state index in [1.54, 1.807) is 19.1 Å². The number of anilines is 1. The Labute approximate surface area is 135 Å². The zero-order chi connectivity index (χ0) is 15.5. The topological polar surface area (TPSA) is 67.0 Å². The van der Waals surface area contributed by atoms with Gasteiger partial charge in [0.15, 0.2) is 6.10 Å². The Balaban J connectivity index is 1.66.